The Balaban J connectivity index is 1.58. The van der Waals surface area contributed by atoms with E-state index in [1.807, 2.05) is 42.5 Å². The van der Waals surface area contributed by atoms with Crippen LogP contribution >= 0.6 is 15.9 Å². The van der Waals surface area contributed by atoms with Crippen molar-refractivity contribution in [1.29, 1.82) is 0 Å². The molecule has 3 nitrogen and oxygen atoms in total. The molecule has 0 aliphatic carbocycles. The van der Waals surface area contributed by atoms with E-state index in [-0.39, 0.29) is 0 Å². The van der Waals surface area contributed by atoms with Crippen LogP contribution in [0.15, 0.2) is 77.3 Å². The van der Waals surface area contributed by atoms with Gasteiger partial charge in [0, 0.05) is 6.54 Å². The summed E-state index contributed by atoms with van der Waals surface area (Å²) >= 11 is 3.63. The second-order valence-corrected chi connectivity index (χ2v) is 7.15. The maximum atomic E-state index is 5.99. The first-order chi connectivity index (χ1) is 13.3. The number of halogens is 1. The standard InChI is InChI=1S/C23H24BrNO2/c1-26-22-15-20(16-25-13-12-18-8-4-2-5-9-18)14-21(24)23(22)27-17-19-10-6-3-7-11-19/h2-11,14-15,25H,12-13,16-17H2,1H3. The highest BCUT2D eigenvalue weighted by Gasteiger charge is 2.12. The van der Waals surface area contributed by atoms with Gasteiger partial charge < -0.3 is 14.8 Å². The smallest absolute Gasteiger partial charge is 0.175 e. The number of methoxy groups -OCH3 is 1. The number of rotatable bonds is 9. The van der Waals surface area contributed by atoms with Crippen molar-refractivity contribution >= 4 is 15.9 Å². The normalized spacial score (nSPS) is 10.6. The van der Waals surface area contributed by atoms with Crippen molar-refractivity contribution in [3.63, 3.8) is 0 Å². The van der Waals surface area contributed by atoms with Crippen molar-refractivity contribution in [1.82, 2.24) is 5.32 Å². The first kappa shape index (κ1) is 19.5. The maximum Gasteiger partial charge on any atom is 0.175 e. The average molecular weight is 426 g/mol. The Morgan fingerprint density at radius 1 is 0.852 bits per heavy atom. The third-order valence-corrected chi connectivity index (χ3v) is 4.87. The Labute approximate surface area is 169 Å². The monoisotopic (exact) mass is 425 g/mol. The summed E-state index contributed by atoms with van der Waals surface area (Å²) in [7, 11) is 1.67. The van der Waals surface area contributed by atoms with Gasteiger partial charge in [0.1, 0.15) is 6.61 Å². The number of hydrogen-bond donors (Lipinski definition) is 1. The van der Waals surface area contributed by atoms with E-state index >= 15 is 0 Å². The molecule has 3 aromatic rings. The van der Waals surface area contributed by atoms with E-state index in [1.165, 1.54) is 5.56 Å². The van der Waals surface area contributed by atoms with E-state index in [4.69, 9.17) is 9.47 Å². The first-order valence-electron chi connectivity index (χ1n) is 9.04. The molecule has 140 valence electrons. The molecule has 3 rings (SSSR count). The van der Waals surface area contributed by atoms with E-state index in [0.717, 1.165) is 46.6 Å². The molecule has 0 saturated heterocycles. The first-order valence-corrected chi connectivity index (χ1v) is 9.83. The fourth-order valence-electron chi connectivity index (χ4n) is 2.86. The third kappa shape index (κ3) is 5.84. The zero-order valence-corrected chi connectivity index (χ0v) is 17.0. The summed E-state index contributed by atoms with van der Waals surface area (Å²) in [6, 6.07) is 24.7. The fraction of sp³-hybridized carbons (Fsp3) is 0.217. The van der Waals surface area contributed by atoms with Crippen LogP contribution in [-0.4, -0.2) is 13.7 Å². The number of ether oxygens (including phenoxy) is 2. The molecular formula is C23H24BrNO2. The van der Waals surface area contributed by atoms with Crippen LogP contribution in [0.3, 0.4) is 0 Å². The van der Waals surface area contributed by atoms with Crippen LogP contribution in [0.4, 0.5) is 0 Å². The molecule has 0 heterocycles. The molecule has 4 heteroatoms. The summed E-state index contributed by atoms with van der Waals surface area (Å²) in [6.07, 6.45) is 1.01. The van der Waals surface area contributed by atoms with Crippen LogP contribution in [0.2, 0.25) is 0 Å². The zero-order chi connectivity index (χ0) is 18.9. The number of benzene rings is 3. The van der Waals surface area contributed by atoms with Gasteiger partial charge in [-0.25, -0.2) is 0 Å². The molecule has 0 bridgehead atoms. The lowest BCUT2D eigenvalue weighted by Crippen LogP contribution is -2.16. The predicted molar refractivity (Wildman–Crippen MR) is 113 cm³/mol. The van der Waals surface area contributed by atoms with Crippen LogP contribution in [0.5, 0.6) is 11.5 Å². The molecule has 0 atom stereocenters. The van der Waals surface area contributed by atoms with Gasteiger partial charge in [0.25, 0.3) is 0 Å². The predicted octanol–water partition coefficient (Wildman–Crippen LogP) is 5.37. The van der Waals surface area contributed by atoms with Gasteiger partial charge in [0.15, 0.2) is 11.5 Å². The van der Waals surface area contributed by atoms with Gasteiger partial charge in [-0.15, -0.1) is 0 Å². The summed E-state index contributed by atoms with van der Waals surface area (Å²) in [4.78, 5) is 0. The molecular weight excluding hydrogens is 402 g/mol. The van der Waals surface area contributed by atoms with Crippen molar-refractivity contribution in [3.05, 3.63) is 94.0 Å². The summed E-state index contributed by atoms with van der Waals surface area (Å²) in [6.45, 7) is 2.21. The SMILES string of the molecule is COc1cc(CNCCc2ccccc2)cc(Br)c1OCc1ccccc1. The van der Waals surface area contributed by atoms with Crippen molar-refractivity contribution in [3.8, 4) is 11.5 Å². The topological polar surface area (TPSA) is 30.5 Å². The minimum Gasteiger partial charge on any atom is -0.493 e. The summed E-state index contributed by atoms with van der Waals surface area (Å²) < 4.78 is 12.4. The number of hydrogen-bond acceptors (Lipinski definition) is 3. The van der Waals surface area contributed by atoms with Crippen molar-refractivity contribution in [2.24, 2.45) is 0 Å². The molecule has 0 unspecified atom stereocenters. The quantitative estimate of drug-likeness (QED) is 0.467. The highest BCUT2D eigenvalue weighted by molar-refractivity contribution is 9.10. The van der Waals surface area contributed by atoms with Gasteiger partial charge >= 0.3 is 0 Å². The highest BCUT2D eigenvalue weighted by Crippen LogP contribution is 2.37. The van der Waals surface area contributed by atoms with Crippen LogP contribution < -0.4 is 14.8 Å². The summed E-state index contributed by atoms with van der Waals surface area (Å²) in [5.74, 6) is 1.47. The molecule has 3 aromatic carbocycles. The Hall–Kier alpha value is -2.30. The number of nitrogens with one attached hydrogen (secondary N) is 1. The van der Waals surface area contributed by atoms with Crippen molar-refractivity contribution in [2.75, 3.05) is 13.7 Å². The second-order valence-electron chi connectivity index (χ2n) is 6.30. The Morgan fingerprint density at radius 3 is 2.19 bits per heavy atom. The van der Waals surface area contributed by atoms with Crippen LogP contribution in [-0.2, 0) is 19.6 Å². The van der Waals surface area contributed by atoms with Gasteiger partial charge in [-0.1, -0.05) is 60.7 Å². The molecule has 0 amide bonds. The molecule has 0 spiro atoms. The molecule has 0 saturated carbocycles. The molecule has 0 aliphatic heterocycles. The van der Waals surface area contributed by atoms with Crippen molar-refractivity contribution in [2.45, 2.75) is 19.6 Å². The largest absolute Gasteiger partial charge is 0.493 e. The van der Waals surface area contributed by atoms with Crippen LogP contribution in [0.25, 0.3) is 0 Å². The zero-order valence-electron chi connectivity index (χ0n) is 15.5. The molecule has 0 aromatic heterocycles. The molecule has 27 heavy (non-hydrogen) atoms. The third-order valence-electron chi connectivity index (χ3n) is 4.28. The molecule has 1 N–H and O–H groups in total. The minimum atomic E-state index is 0.504. The average Bonchev–Trinajstić information content (AvgIpc) is 2.71. The highest BCUT2D eigenvalue weighted by atomic mass is 79.9. The second kappa shape index (κ2) is 10.1. The summed E-state index contributed by atoms with van der Waals surface area (Å²) in [5, 5.41) is 3.49. The molecule has 0 fully saturated rings. The summed E-state index contributed by atoms with van der Waals surface area (Å²) in [5.41, 5.74) is 3.62. The lowest BCUT2D eigenvalue weighted by Gasteiger charge is -2.15. The van der Waals surface area contributed by atoms with E-state index < -0.39 is 0 Å². The Bertz CT molecular complexity index is 838. The van der Waals surface area contributed by atoms with Gasteiger partial charge in [0.05, 0.1) is 11.6 Å². The minimum absolute atomic E-state index is 0.504. The van der Waals surface area contributed by atoms with Gasteiger partial charge in [-0.05, 0) is 57.7 Å². The van der Waals surface area contributed by atoms with Crippen molar-refractivity contribution < 1.29 is 9.47 Å². The van der Waals surface area contributed by atoms with E-state index in [0.29, 0.717) is 6.61 Å². The van der Waals surface area contributed by atoms with Gasteiger partial charge in [-0.2, -0.15) is 0 Å². The molecule has 0 radical (unpaired) electrons. The molecule has 0 aliphatic rings. The van der Waals surface area contributed by atoms with Crippen LogP contribution in [0.1, 0.15) is 16.7 Å². The van der Waals surface area contributed by atoms with Gasteiger partial charge in [-0.3, -0.25) is 0 Å². The van der Waals surface area contributed by atoms with E-state index in [2.05, 4.69) is 51.6 Å². The van der Waals surface area contributed by atoms with E-state index in [1.54, 1.807) is 7.11 Å². The lowest BCUT2D eigenvalue weighted by molar-refractivity contribution is 0.282. The van der Waals surface area contributed by atoms with E-state index in [9.17, 15) is 0 Å². The van der Waals surface area contributed by atoms with Gasteiger partial charge in [0.2, 0.25) is 0 Å². The Kier molecular flexibility index (Phi) is 7.31. The maximum absolute atomic E-state index is 5.99. The fourth-order valence-corrected chi connectivity index (χ4v) is 3.46. The van der Waals surface area contributed by atoms with Crippen LogP contribution in [0, 0.1) is 0 Å². The lowest BCUT2D eigenvalue weighted by atomic mass is 10.1. The Morgan fingerprint density at radius 2 is 1.52 bits per heavy atom.